The van der Waals surface area contributed by atoms with Gasteiger partial charge in [0.1, 0.15) is 0 Å². The highest BCUT2D eigenvalue weighted by molar-refractivity contribution is 5.91. The molecule has 1 aliphatic heterocycles. The number of aryl methyl sites for hydroxylation is 1. The van der Waals surface area contributed by atoms with Crippen molar-refractivity contribution in [1.29, 1.82) is 0 Å². The third-order valence-corrected chi connectivity index (χ3v) is 3.86. The Bertz CT molecular complexity index is 703. The normalized spacial score (nSPS) is 18.7. The Balaban J connectivity index is 1.59. The van der Waals surface area contributed by atoms with Gasteiger partial charge in [-0.3, -0.25) is 9.78 Å². The molecule has 5 nitrogen and oxygen atoms in total. The molecule has 3 rings (SSSR count). The summed E-state index contributed by atoms with van der Waals surface area (Å²) in [6.45, 7) is 3.91. The smallest absolute Gasteiger partial charge is 0.248 e. The number of fused-ring (bicyclic) bond motifs is 1. The molecule has 1 amide bonds. The van der Waals surface area contributed by atoms with Crippen LogP contribution in [0.25, 0.3) is 0 Å². The van der Waals surface area contributed by atoms with Gasteiger partial charge in [0.2, 0.25) is 11.7 Å². The predicted octanol–water partition coefficient (Wildman–Crippen LogP) is 3.55. The fourth-order valence-electron chi connectivity index (χ4n) is 2.39. The summed E-state index contributed by atoms with van der Waals surface area (Å²) in [6.07, 6.45) is 3.48. The number of nitrogens with one attached hydrogen (secondary N) is 1. The standard InChI is InChI=1S/C18H20N2O3/c1-3-18(2)22-15-9-7-14(12-16(15)23-18)20-17(21)10-8-13-6-4-5-11-19-13/h4-7,9,11-12H,3,8,10H2,1-2H3,(H,20,21)/t18-/m1/s1. The molecule has 5 heteroatoms. The van der Waals surface area contributed by atoms with Crippen LogP contribution >= 0.6 is 0 Å². The van der Waals surface area contributed by atoms with Gasteiger partial charge in [-0.05, 0) is 30.7 Å². The van der Waals surface area contributed by atoms with Crippen LogP contribution in [-0.4, -0.2) is 16.7 Å². The van der Waals surface area contributed by atoms with Crippen molar-refractivity contribution in [3.63, 3.8) is 0 Å². The Labute approximate surface area is 135 Å². The molecule has 120 valence electrons. The van der Waals surface area contributed by atoms with Crippen molar-refractivity contribution in [1.82, 2.24) is 4.98 Å². The van der Waals surface area contributed by atoms with E-state index < -0.39 is 5.79 Å². The summed E-state index contributed by atoms with van der Waals surface area (Å²) in [5.74, 6) is 0.703. The number of amides is 1. The highest BCUT2D eigenvalue weighted by Crippen LogP contribution is 2.42. The highest BCUT2D eigenvalue weighted by Gasteiger charge is 2.34. The summed E-state index contributed by atoms with van der Waals surface area (Å²) in [6, 6.07) is 11.1. The van der Waals surface area contributed by atoms with Gasteiger partial charge in [-0.15, -0.1) is 0 Å². The maximum atomic E-state index is 12.1. The Morgan fingerprint density at radius 2 is 2.04 bits per heavy atom. The number of carbonyl (C=O) groups is 1. The van der Waals surface area contributed by atoms with Crippen molar-refractivity contribution in [2.24, 2.45) is 0 Å². The van der Waals surface area contributed by atoms with Gasteiger partial charge in [0, 0.05) is 43.4 Å². The van der Waals surface area contributed by atoms with Gasteiger partial charge in [-0.1, -0.05) is 13.0 Å². The number of ether oxygens (including phenoxy) is 2. The van der Waals surface area contributed by atoms with Crippen LogP contribution in [0.1, 0.15) is 32.4 Å². The van der Waals surface area contributed by atoms with E-state index in [4.69, 9.17) is 9.47 Å². The molecule has 0 saturated carbocycles. The van der Waals surface area contributed by atoms with Crippen LogP contribution in [0.5, 0.6) is 11.5 Å². The van der Waals surface area contributed by atoms with E-state index in [0.717, 1.165) is 12.1 Å². The molecule has 2 aromatic rings. The second-order valence-electron chi connectivity index (χ2n) is 5.72. The van der Waals surface area contributed by atoms with Crippen molar-refractivity contribution in [2.45, 2.75) is 38.9 Å². The maximum Gasteiger partial charge on any atom is 0.248 e. The number of aromatic nitrogens is 1. The largest absolute Gasteiger partial charge is 0.449 e. The van der Waals surface area contributed by atoms with Crippen molar-refractivity contribution in [2.75, 3.05) is 5.32 Å². The minimum Gasteiger partial charge on any atom is -0.449 e. The van der Waals surface area contributed by atoms with E-state index in [0.29, 0.717) is 30.0 Å². The molecule has 0 radical (unpaired) electrons. The van der Waals surface area contributed by atoms with E-state index in [2.05, 4.69) is 10.3 Å². The summed E-state index contributed by atoms with van der Waals surface area (Å²) in [4.78, 5) is 16.3. The Morgan fingerprint density at radius 3 is 2.78 bits per heavy atom. The lowest BCUT2D eigenvalue weighted by Gasteiger charge is -2.20. The zero-order chi connectivity index (χ0) is 16.3. The predicted molar refractivity (Wildman–Crippen MR) is 87.6 cm³/mol. The van der Waals surface area contributed by atoms with Gasteiger partial charge < -0.3 is 14.8 Å². The molecule has 1 aromatic carbocycles. The Hall–Kier alpha value is -2.56. The quantitative estimate of drug-likeness (QED) is 0.917. The first-order valence-electron chi connectivity index (χ1n) is 7.80. The van der Waals surface area contributed by atoms with Gasteiger partial charge in [-0.2, -0.15) is 0 Å². The minimum atomic E-state index is -0.621. The monoisotopic (exact) mass is 312 g/mol. The van der Waals surface area contributed by atoms with Crippen LogP contribution in [0.2, 0.25) is 0 Å². The number of hydrogen-bond donors (Lipinski definition) is 1. The minimum absolute atomic E-state index is 0.0484. The van der Waals surface area contributed by atoms with Crippen LogP contribution in [0.4, 0.5) is 5.69 Å². The van der Waals surface area contributed by atoms with Gasteiger partial charge in [0.15, 0.2) is 11.5 Å². The summed E-state index contributed by atoms with van der Waals surface area (Å²) >= 11 is 0. The number of nitrogens with zero attached hydrogens (tertiary/aromatic N) is 1. The molecule has 0 saturated heterocycles. The number of rotatable bonds is 5. The van der Waals surface area contributed by atoms with Crippen molar-refractivity contribution in [3.05, 3.63) is 48.3 Å². The lowest BCUT2D eigenvalue weighted by atomic mass is 10.2. The molecule has 1 atom stereocenters. The van der Waals surface area contributed by atoms with Gasteiger partial charge in [0.05, 0.1) is 0 Å². The van der Waals surface area contributed by atoms with Gasteiger partial charge in [-0.25, -0.2) is 0 Å². The van der Waals surface area contributed by atoms with Gasteiger partial charge in [0.25, 0.3) is 0 Å². The molecular weight excluding hydrogens is 292 g/mol. The van der Waals surface area contributed by atoms with E-state index in [1.54, 1.807) is 12.3 Å². The van der Waals surface area contributed by atoms with Crippen LogP contribution in [0.3, 0.4) is 0 Å². The third-order valence-electron chi connectivity index (χ3n) is 3.86. The lowest BCUT2D eigenvalue weighted by Crippen LogP contribution is -2.33. The third kappa shape index (κ3) is 3.62. The summed E-state index contributed by atoms with van der Waals surface area (Å²) < 4.78 is 11.6. The topological polar surface area (TPSA) is 60.5 Å². The molecule has 0 aliphatic carbocycles. The molecule has 1 aromatic heterocycles. The first-order valence-corrected chi connectivity index (χ1v) is 7.80. The summed E-state index contributed by atoms with van der Waals surface area (Å²) in [5, 5.41) is 2.88. The molecule has 0 fully saturated rings. The van der Waals surface area contributed by atoms with E-state index in [-0.39, 0.29) is 5.91 Å². The summed E-state index contributed by atoms with van der Waals surface area (Å²) in [5.41, 5.74) is 1.62. The first-order chi connectivity index (χ1) is 11.1. The van der Waals surface area contributed by atoms with E-state index >= 15 is 0 Å². The SMILES string of the molecule is CC[C@]1(C)Oc2ccc(NC(=O)CCc3ccccn3)cc2O1. The lowest BCUT2D eigenvalue weighted by molar-refractivity contribution is -0.116. The average Bonchev–Trinajstić information content (AvgIpc) is 2.90. The second-order valence-corrected chi connectivity index (χ2v) is 5.72. The Morgan fingerprint density at radius 1 is 1.22 bits per heavy atom. The van der Waals surface area contributed by atoms with Gasteiger partial charge >= 0.3 is 0 Å². The van der Waals surface area contributed by atoms with Crippen LogP contribution < -0.4 is 14.8 Å². The molecule has 1 aliphatic rings. The number of benzene rings is 1. The van der Waals surface area contributed by atoms with Crippen molar-refractivity contribution in [3.8, 4) is 11.5 Å². The fourth-order valence-corrected chi connectivity index (χ4v) is 2.39. The van der Waals surface area contributed by atoms with Crippen molar-refractivity contribution >= 4 is 11.6 Å². The van der Waals surface area contributed by atoms with Crippen LogP contribution in [0.15, 0.2) is 42.6 Å². The molecule has 23 heavy (non-hydrogen) atoms. The zero-order valence-electron chi connectivity index (χ0n) is 13.3. The number of pyridine rings is 1. The highest BCUT2D eigenvalue weighted by atomic mass is 16.7. The molecule has 2 heterocycles. The molecule has 1 N–H and O–H groups in total. The fraction of sp³-hybridized carbons (Fsp3) is 0.333. The average molecular weight is 312 g/mol. The second kappa shape index (κ2) is 6.28. The number of hydrogen-bond acceptors (Lipinski definition) is 4. The zero-order valence-corrected chi connectivity index (χ0v) is 13.3. The molecular formula is C18H20N2O3. The van der Waals surface area contributed by atoms with Crippen LogP contribution in [0, 0.1) is 0 Å². The van der Waals surface area contributed by atoms with Crippen molar-refractivity contribution < 1.29 is 14.3 Å². The molecule has 0 spiro atoms. The van der Waals surface area contributed by atoms with E-state index in [1.165, 1.54) is 0 Å². The van der Waals surface area contributed by atoms with E-state index in [1.807, 2.05) is 44.2 Å². The molecule has 0 unspecified atom stereocenters. The van der Waals surface area contributed by atoms with E-state index in [9.17, 15) is 4.79 Å². The maximum absolute atomic E-state index is 12.1. The Kier molecular flexibility index (Phi) is 4.19. The number of carbonyl (C=O) groups excluding carboxylic acids is 1. The number of anilines is 1. The summed E-state index contributed by atoms with van der Waals surface area (Å²) in [7, 11) is 0. The first kappa shape index (κ1) is 15.3. The van der Waals surface area contributed by atoms with Crippen LogP contribution in [-0.2, 0) is 11.2 Å². The molecule has 0 bridgehead atoms.